The molecule has 1 aliphatic rings. The van der Waals surface area contributed by atoms with E-state index in [-0.39, 0.29) is 41.5 Å². The van der Waals surface area contributed by atoms with Gasteiger partial charge in [0.15, 0.2) is 9.84 Å². The van der Waals surface area contributed by atoms with E-state index in [1.54, 1.807) is 17.4 Å². The Balaban J connectivity index is 1.46. The zero-order chi connectivity index (χ0) is 32.4. The molecule has 1 fully saturated rings. The molecule has 0 bridgehead atoms. The van der Waals surface area contributed by atoms with Gasteiger partial charge in [0, 0.05) is 60.5 Å². The van der Waals surface area contributed by atoms with Gasteiger partial charge in [-0.15, -0.1) is 23.7 Å². The van der Waals surface area contributed by atoms with Crippen molar-refractivity contribution in [3.05, 3.63) is 58.3 Å². The Hall–Kier alpha value is -3.63. The van der Waals surface area contributed by atoms with E-state index in [0.717, 1.165) is 46.8 Å². The highest BCUT2D eigenvalue weighted by Crippen LogP contribution is 2.32. The summed E-state index contributed by atoms with van der Waals surface area (Å²) in [6.45, 7) is 6.15. The number of pyridine rings is 1. The Kier molecular flexibility index (Phi) is 9.74. The number of aromatic nitrogens is 3. The lowest BCUT2D eigenvalue weighted by Gasteiger charge is -2.41. The summed E-state index contributed by atoms with van der Waals surface area (Å²) in [7, 11) is 1.05. The number of benzene rings is 1. The minimum atomic E-state index is -2.96. The highest BCUT2D eigenvalue weighted by atomic mass is 32.2. The first-order valence-corrected chi connectivity index (χ1v) is 17.6. The van der Waals surface area contributed by atoms with Gasteiger partial charge in [0.2, 0.25) is 5.91 Å². The molecule has 9 nitrogen and oxygen atoms in total. The molecule has 1 N–H and O–H groups in total. The van der Waals surface area contributed by atoms with Gasteiger partial charge in [-0.25, -0.2) is 22.8 Å². The number of nitrogens with zero attached hydrogens (tertiary/aromatic N) is 5. The normalized spacial score (nSPS) is 15.4. The van der Waals surface area contributed by atoms with Gasteiger partial charge in [-0.05, 0) is 70.6 Å². The second-order valence-corrected chi connectivity index (χ2v) is 15.6. The molecule has 5 rings (SSSR count). The van der Waals surface area contributed by atoms with Crippen LogP contribution in [0.3, 0.4) is 0 Å². The van der Waals surface area contributed by atoms with Crippen LogP contribution in [-0.4, -0.2) is 82.9 Å². The van der Waals surface area contributed by atoms with Crippen molar-refractivity contribution in [1.29, 1.82) is 0 Å². The number of halogens is 1. The average Bonchev–Trinajstić information content (AvgIpc) is 3.59. The lowest BCUT2D eigenvalue weighted by Crippen LogP contribution is -2.51. The molecular weight excluding hydrogens is 612 g/mol. The highest BCUT2D eigenvalue weighted by molar-refractivity contribution is 7.91. The van der Waals surface area contributed by atoms with Gasteiger partial charge >= 0.3 is 0 Å². The van der Waals surface area contributed by atoms with Crippen molar-refractivity contribution in [3.8, 4) is 29.4 Å². The van der Waals surface area contributed by atoms with Crippen LogP contribution in [-0.2, 0) is 27.6 Å². The Morgan fingerprint density at radius 3 is 2.62 bits per heavy atom. The van der Waals surface area contributed by atoms with Gasteiger partial charge < -0.3 is 10.2 Å². The van der Waals surface area contributed by atoms with Gasteiger partial charge in [0.25, 0.3) is 0 Å². The van der Waals surface area contributed by atoms with Crippen LogP contribution in [0, 0.1) is 18.2 Å². The monoisotopic (exact) mass is 650 g/mol. The predicted octanol–water partition coefficient (Wildman–Crippen LogP) is 5.14. The summed E-state index contributed by atoms with van der Waals surface area (Å²) in [4.78, 5) is 26.3. The van der Waals surface area contributed by atoms with Crippen molar-refractivity contribution in [1.82, 2.24) is 24.3 Å². The molecule has 0 saturated carbocycles. The SMILES string of the molecule is C#CCCC(=O)Nc1ccc(-c2ccc3c(CCC(C)(C)N4CCS(=O)(=O)CC4)cn(-c4csc(CN(C)C)n4)c3n2)cc1F. The standard InChI is InChI=1S/C33H39FN6O3S2/c1-6-7-8-30(41)35-28-11-9-23(19-26(28)34)27-12-10-25-24(13-14-33(2,3)39-15-17-45(42,43)18-16-39)20-40(32(25)36-27)29-22-44-31(37-29)21-38(4)5/h1,9-12,19-20,22H,7-8,13-18,21H2,2-5H3,(H,35,41). The van der Waals surface area contributed by atoms with Crippen LogP contribution in [0.1, 0.15) is 43.7 Å². The molecule has 1 saturated heterocycles. The van der Waals surface area contributed by atoms with Gasteiger partial charge in [-0.3, -0.25) is 14.3 Å². The molecule has 0 spiro atoms. The molecule has 238 valence electrons. The van der Waals surface area contributed by atoms with Crippen molar-refractivity contribution >= 4 is 43.8 Å². The molecule has 1 aliphatic heterocycles. The third kappa shape index (κ3) is 7.79. The number of thiazole rings is 1. The Morgan fingerprint density at radius 1 is 1.18 bits per heavy atom. The fraction of sp³-hybridized carbons (Fsp3) is 0.424. The third-order valence-electron chi connectivity index (χ3n) is 8.21. The number of carbonyl (C=O) groups is 1. The maximum atomic E-state index is 15.1. The van der Waals surface area contributed by atoms with Crippen LogP contribution in [0.4, 0.5) is 10.1 Å². The Labute approximate surface area is 268 Å². The number of rotatable bonds is 11. The molecule has 0 unspecified atom stereocenters. The molecule has 45 heavy (non-hydrogen) atoms. The molecule has 0 atom stereocenters. The van der Waals surface area contributed by atoms with E-state index in [9.17, 15) is 13.2 Å². The van der Waals surface area contributed by atoms with Crippen LogP contribution in [0.5, 0.6) is 0 Å². The zero-order valence-electron chi connectivity index (χ0n) is 26.1. The summed E-state index contributed by atoms with van der Waals surface area (Å²) in [6, 6.07) is 8.55. The smallest absolute Gasteiger partial charge is 0.225 e. The zero-order valence-corrected chi connectivity index (χ0v) is 27.8. The van der Waals surface area contributed by atoms with Crippen molar-refractivity contribution in [2.24, 2.45) is 0 Å². The minimum Gasteiger partial charge on any atom is -0.324 e. The molecular formula is C33H39FN6O3S2. The lowest BCUT2D eigenvalue weighted by molar-refractivity contribution is -0.116. The van der Waals surface area contributed by atoms with E-state index in [2.05, 4.69) is 41.1 Å². The molecule has 4 heterocycles. The number of terminal acetylenes is 1. The van der Waals surface area contributed by atoms with E-state index in [4.69, 9.17) is 16.4 Å². The number of anilines is 1. The number of carbonyl (C=O) groups excluding carboxylic acids is 1. The van der Waals surface area contributed by atoms with E-state index in [1.165, 1.54) is 12.1 Å². The summed E-state index contributed by atoms with van der Waals surface area (Å²) in [5, 5.41) is 6.56. The second-order valence-electron chi connectivity index (χ2n) is 12.3. The first-order valence-electron chi connectivity index (χ1n) is 14.9. The number of aryl methyl sites for hydroxylation is 1. The largest absolute Gasteiger partial charge is 0.324 e. The maximum Gasteiger partial charge on any atom is 0.225 e. The van der Waals surface area contributed by atoms with Crippen LogP contribution in [0.25, 0.3) is 28.1 Å². The first-order chi connectivity index (χ1) is 21.3. The van der Waals surface area contributed by atoms with Gasteiger partial charge in [-0.1, -0.05) is 6.07 Å². The summed E-state index contributed by atoms with van der Waals surface area (Å²) >= 11 is 1.59. The number of sulfone groups is 1. The van der Waals surface area contributed by atoms with E-state index >= 15 is 4.39 Å². The molecule has 0 radical (unpaired) electrons. The molecule has 0 aliphatic carbocycles. The molecule has 4 aromatic rings. The van der Waals surface area contributed by atoms with Crippen LogP contribution in [0.15, 0.2) is 41.9 Å². The van der Waals surface area contributed by atoms with Crippen molar-refractivity contribution in [2.45, 2.75) is 51.6 Å². The average molecular weight is 651 g/mol. The number of nitrogens with one attached hydrogen (secondary N) is 1. The van der Waals surface area contributed by atoms with Crippen molar-refractivity contribution < 1.29 is 17.6 Å². The van der Waals surface area contributed by atoms with E-state index < -0.39 is 15.7 Å². The van der Waals surface area contributed by atoms with Crippen LogP contribution >= 0.6 is 11.3 Å². The Bertz CT molecular complexity index is 1840. The summed E-state index contributed by atoms with van der Waals surface area (Å²) in [5.41, 5.74) is 2.91. The fourth-order valence-electron chi connectivity index (χ4n) is 5.55. The fourth-order valence-corrected chi connectivity index (χ4v) is 7.64. The summed E-state index contributed by atoms with van der Waals surface area (Å²) in [5.74, 6) is 2.68. The molecule has 3 aromatic heterocycles. The highest BCUT2D eigenvalue weighted by Gasteiger charge is 2.32. The quantitative estimate of drug-likeness (QED) is 0.224. The second kappa shape index (κ2) is 13.4. The predicted molar refractivity (Wildman–Crippen MR) is 179 cm³/mol. The number of amides is 1. The maximum absolute atomic E-state index is 15.1. The van der Waals surface area contributed by atoms with Gasteiger partial charge in [0.05, 0.1) is 22.9 Å². The van der Waals surface area contributed by atoms with Gasteiger partial charge in [0.1, 0.15) is 22.3 Å². The van der Waals surface area contributed by atoms with Crippen LogP contribution in [0.2, 0.25) is 0 Å². The molecule has 12 heteroatoms. The van der Waals surface area contributed by atoms with E-state index in [0.29, 0.717) is 24.3 Å². The minimum absolute atomic E-state index is 0.0947. The number of hydrogen-bond acceptors (Lipinski definition) is 8. The summed E-state index contributed by atoms with van der Waals surface area (Å²) in [6.07, 6.45) is 9.32. The summed E-state index contributed by atoms with van der Waals surface area (Å²) < 4.78 is 41.1. The van der Waals surface area contributed by atoms with Crippen molar-refractivity contribution in [3.63, 3.8) is 0 Å². The third-order valence-corrected chi connectivity index (χ3v) is 10.6. The van der Waals surface area contributed by atoms with Crippen molar-refractivity contribution in [2.75, 3.05) is 44.0 Å². The van der Waals surface area contributed by atoms with E-state index in [1.807, 2.05) is 36.2 Å². The molecule has 1 aromatic carbocycles. The lowest BCUT2D eigenvalue weighted by atomic mass is 9.93. The van der Waals surface area contributed by atoms with Crippen LogP contribution < -0.4 is 5.32 Å². The topological polar surface area (TPSA) is 100 Å². The first kappa shape index (κ1) is 32.8. The van der Waals surface area contributed by atoms with Gasteiger partial charge in [-0.2, -0.15) is 0 Å². The number of hydrogen-bond donors (Lipinski definition) is 1. The Morgan fingerprint density at radius 2 is 1.93 bits per heavy atom. The molecule has 1 amide bonds. The number of fused-ring (bicyclic) bond motifs is 1.